The second-order valence-corrected chi connectivity index (χ2v) is 9.34. The molecule has 5 rings (SSSR count). The number of anilines is 1. The maximum Gasteiger partial charge on any atom is 0.270 e. The second-order valence-electron chi connectivity index (χ2n) is 9.34. The quantitative estimate of drug-likeness (QED) is 0.603. The molecule has 4 heterocycles. The fourth-order valence-electron chi connectivity index (χ4n) is 5.14. The lowest BCUT2D eigenvalue weighted by Gasteiger charge is -2.40. The first kappa shape index (κ1) is 21.7. The van der Waals surface area contributed by atoms with Gasteiger partial charge in [-0.3, -0.25) is 9.78 Å². The number of aryl methyl sites for hydroxylation is 1. The maximum atomic E-state index is 13.8. The molecule has 0 radical (unpaired) electrons. The summed E-state index contributed by atoms with van der Waals surface area (Å²) in [7, 11) is 0. The summed E-state index contributed by atoms with van der Waals surface area (Å²) in [6.45, 7) is 8.32. The monoisotopic (exact) mass is 454 g/mol. The van der Waals surface area contributed by atoms with Crippen molar-refractivity contribution in [3.63, 3.8) is 0 Å². The molecule has 9 heteroatoms. The van der Waals surface area contributed by atoms with Gasteiger partial charge >= 0.3 is 0 Å². The molecule has 3 aromatic rings. The van der Waals surface area contributed by atoms with E-state index in [1.807, 2.05) is 17.9 Å². The van der Waals surface area contributed by atoms with Crippen LogP contribution in [0.4, 0.5) is 14.5 Å². The zero-order valence-electron chi connectivity index (χ0n) is 19.1. The van der Waals surface area contributed by atoms with E-state index in [2.05, 4.69) is 31.6 Å². The number of pyridine rings is 1. The predicted molar refractivity (Wildman–Crippen MR) is 121 cm³/mol. The van der Waals surface area contributed by atoms with Crippen LogP contribution in [0.5, 0.6) is 0 Å². The van der Waals surface area contributed by atoms with Crippen LogP contribution in [-0.4, -0.2) is 50.2 Å². The van der Waals surface area contributed by atoms with E-state index in [9.17, 15) is 13.6 Å². The minimum atomic E-state index is -2.90. The zero-order chi connectivity index (χ0) is 23.3. The molecule has 174 valence electrons. The molecule has 7 nitrogen and oxygen atoms in total. The fraction of sp³-hybridized carbons (Fsp3) is 0.500. The first-order valence-electron chi connectivity index (χ1n) is 11.4. The van der Waals surface area contributed by atoms with Gasteiger partial charge in [-0.2, -0.15) is 0 Å². The van der Waals surface area contributed by atoms with Crippen LogP contribution < -0.4 is 4.90 Å². The molecule has 1 amide bonds. The highest BCUT2D eigenvalue weighted by atomic mass is 19.3. The number of amides is 1. The van der Waals surface area contributed by atoms with Crippen LogP contribution in [0.1, 0.15) is 37.5 Å². The summed E-state index contributed by atoms with van der Waals surface area (Å²) >= 11 is 0. The maximum absolute atomic E-state index is 13.8. The van der Waals surface area contributed by atoms with Gasteiger partial charge in [0.15, 0.2) is 5.82 Å². The van der Waals surface area contributed by atoms with Crippen LogP contribution in [0.15, 0.2) is 30.5 Å². The molecule has 0 saturated carbocycles. The lowest BCUT2D eigenvalue weighted by atomic mass is 9.85. The molecule has 0 N–H and O–H groups in total. The third-order valence-electron chi connectivity index (χ3n) is 7.04. The number of rotatable bonds is 3. The van der Waals surface area contributed by atoms with Crippen molar-refractivity contribution in [2.75, 3.05) is 24.5 Å². The minimum absolute atomic E-state index is 0.0371. The van der Waals surface area contributed by atoms with E-state index in [0.717, 1.165) is 55.7 Å². The summed E-state index contributed by atoms with van der Waals surface area (Å²) in [5, 5.41) is 9.20. The fourth-order valence-corrected chi connectivity index (χ4v) is 5.14. The Bertz CT molecular complexity index is 1200. The molecule has 2 aromatic heterocycles. The summed E-state index contributed by atoms with van der Waals surface area (Å²) in [4.78, 5) is 21.8. The van der Waals surface area contributed by atoms with E-state index in [1.54, 1.807) is 12.3 Å². The van der Waals surface area contributed by atoms with Crippen LogP contribution in [0.2, 0.25) is 0 Å². The molecule has 0 spiro atoms. The SMILES string of the molecule is Cc1nnc2n1CCN(C(=O)[C@H]1CCN(c3ccnc4cc(C(C)(F)F)ccc34)C[C@H]1C)C2. The van der Waals surface area contributed by atoms with Crippen molar-refractivity contribution < 1.29 is 13.6 Å². The normalized spacial score (nSPS) is 21.4. The van der Waals surface area contributed by atoms with Crippen LogP contribution in [0.25, 0.3) is 10.9 Å². The largest absolute Gasteiger partial charge is 0.371 e. The van der Waals surface area contributed by atoms with Crippen molar-refractivity contribution in [3.05, 3.63) is 47.7 Å². The van der Waals surface area contributed by atoms with Crippen LogP contribution in [-0.2, 0) is 23.8 Å². The van der Waals surface area contributed by atoms with Gasteiger partial charge in [0.1, 0.15) is 5.82 Å². The molecular formula is C24H28F2N6O. The van der Waals surface area contributed by atoms with Crippen molar-refractivity contribution >= 4 is 22.5 Å². The van der Waals surface area contributed by atoms with Crippen molar-refractivity contribution in [1.29, 1.82) is 0 Å². The van der Waals surface area contributed by atoms with E-state index in [0.29, 0.717) is 18.6 Å². The number of hydrogen-bond donors (Lipinski definition) is 0. The van der Waals surface area contributed by atoms with Crippen LogP contribution >= 0.6 is 0 Å². The van der Waals surface area contributed by atoms with Crippen molar-refractivity contribution in [1.82, 2.24) is 24.6 Å². The first-order chi connectivity index (χ1) is 15.7. The topological polar surface area (TPSA) is 67.2 Å². The summed E-state index contributed by atoms with van der Waals surface area (Å²) in [5.74, 6) is -0.871. The Labute approximate surface area is 191 Å². The Balaban J connectivity index is 1.32. The summed E-state index contributed by atoms with van der Waals surface area (Å²) in [6.07, 6.45) is 2.42. The number of benzene rings is 1. The molecule has 2 aliphatic rings. The summed E-state index contributed by atoms with van der Waals surface area (Å²) < 4.78 is 29.6. The number of alkyl halides is 2. The van der Waals surface area contributed by atoms with Gasteiger partial charge in [0.25, 0.3) is 5.92 Å². The minimum Gasteiger partial charge on any atom is -0.371 e. The number of carbonyl (C=O) groups excluding carboxylic acids is 1. The van der Waals surface area contributed by atoms with E-state index in [-0.39, 0.29) is 23.3 Å². The molecule has 0 unspecified atom stereocenters. The number of fused-ring (bicyclic) bond motifs is 2. The third kappa shape index (κ3) is 3.94. The van der Waals surface area contributed by atoms with Crippen molar-refractivity contribution in [3.8, 4) is 0 Å². The van der Waals surface area contributed by atoms with Crippen LogP contribution in [0, 0.1) is 18.8 Å². The molecule has 1 saturated heterocycles. The van der Waals surface area contributed by atoms with Gasteiger partial charge in [-0.1, -0.05) is 19.1 Å². The second kappa shape index (κ2) is 8.04. The number of aromatic nitrogens is 4. The van der Waals surface area contributed by atoms with Gasteiger partial charge in [0, 0.05) is 61.9 Å². The number of halogens is 2. The zero-order valence-corrected chi connectivity index (χ0v) is 19.1. The van der Waals surface area contributed by atoms with Gasteiger partial charge < -0.3 is 14.4 Å². The molecule has 2 aliphatic heterocycles. The Kier molecular flexibility index (Phi) is 5.29. The molecule has 0 bridgehead atoms. The van der Waals surface area contributed by atoms with Gasteiger partial charge in [0.05, 0.1) is 12.1 Å². The van der Waals surface area contributed by atoms with Crippen LogP contribution in [0.3, 0.4) is 0 Å². The molecular weight excluding hydrogens is 426 g/mol. The highest BCUT2D eigenvalue weighted by Gasteiger charge is 2.36. The molecule has 0 aliphatic carbocycles. The standard InChI is InChI=1S/C24H28F2N6O/c1-15-13-30(21-6-8-27-20-12-17(24(3,25)26)4-5-19(20)21)9-7-18(15)23(33)31-10-11-32-16(2)28-29-22(32)14-31/h4-6,8,12,15,18H,7,9-11,13-14H2,1-3H3/t15-,18+/m1/s1. The summed E-state index contributed by atoms with van der Waals surface area (Å²) in [6, 6.07) is 6.61. The van der Waals surface area contributed by atoms with Crippen molar-refractivity contribution in [2.45, 2.75) is 46.2 Å². The lowest BCUT2D eigenvalue weighted by Crippen LogP contribution is -2.48. The van der Waals surface area contributed by atoms with Crippen molar-refractivity contribution in [2.24, 2.45) is 11.8 Å². The molecule has 1 aromatic carbocycles. The summed E-state index contributed by atoms with van der Waals surface area (Å²) in [5.41, 5.74) is 1.50. The van der Waals surface area contributed by atoms with E-state index >= 15 is 0 Å². The van der Waals surface area contributed by atoms with E-state index in [1.165, 1.54) is 12.1 Å². The Hall–Kier alpha value is -3.10. The molecule has 1 fully saturated rings. The van der Waals surface area contributed by atoms with Gasteiger partial charge in [0.2, 0.25) is 5.91 Å². The average Bonchev–Trinajstić information content (AvgIpc) is 3.17. The number of piperidine rings is 1. The van der Waals surface area contributed by atoms with Gasteiger partial charge in [-0.05, 0) is 31.4 Å². The first-order valence-corrected chi connectivity index (χ1v) is 11.4. The highest BCUT2D eigenvalue weighted by molar-refractivity contribution is 5.92. The number of hydrogen-bond acceptors (Lipinski definition) is 5. The van der Waals surface area contributed by atoms with Gasteiger partial charge in [-0.25, -0.2) is 8.78 Å². The molecule has 2 atom stereocenters. The highest BCUT2D eigenvalue weighted by Crippen LogP contribution is 2.35. The van der Waals surface area contributed by atoms with Gasteiger partial charge in [-0.15, -0.1) is 10.2 Å². The van der Waals surface area contributed by atoms with E-state index in [4.69, 9.17) is 0 Å². The average molecular weight is 455 g/mol. The third-order valence-corrected chi connectivity index (χ3v) is 7.04. The number of nitrogens with zero attached hydrogens (tertiary/aromatic N) is 6. The predicted octanol–water partition coefficient (Wildman–Crippen LogP) is 3.75. The molecule has 33 heavy (non-hydrogen) atoms. The smallest absolute Gasteiger partial charge is 0.270 e. The number of carbonyl (C=O) groups is 1. The van der Waals surface area contributed by atoms with E-state index < -0.39 is 5.92 Å². The Morgan fingerprint density at radius 3 is 2.73 bits per heavy atom. The Morgan fingerprint density at radius 1 is 1.15 bits per heavy atom. The Morgan fingerprint density at radius 2 is 1.97 bits per heavy atom. The lowest BCUT2D eigenvalue weighted by molar-refractivity contribution is -0.139.